The molecule has 25 heavy (non-hydrogen) atoms. The van der Waals surface area contributed by atoms with Gasteiger partial charge in [-0.3, -0.25) is 14.6 Å². The van der Waals surface area contributed by atoms with Gasteiger partial charge in [0.1, 0.15) is 0 Å². The molecule has 1 aliphatic rings. The van der Waals surface area contributed by atoms with Gasteiger partial charge in [-0.2, -0.15) is 0 Å². The highest BCUT2D eigenvalue weighted by atomic mass is 16.2. The van der Waals surface area contributed by atoms with Crippen LogP contribution in [0.5, 0.6) is 0 Å². The van der Waals surface area contributed by atoms with Crippen molar-refractivity contribution in [3.63, 3.8) is 0 Å². The Kier molecular flexibility index (Phi) is 5.12. The standard InChI is InChI=1S/C20H23N3O2/c1-14(2)16-5-7-18(8-6-16)23-13-17(10-19(23)24)20(25)22-12-15-4-3-9-21-11-15/h3-9,11,14,17H,10,12-13H2,1-2H3,(H,22,25). The predicted octanol–water partition coefficient (Wildman–Crippen LogP) is 2.87. The lowest BCUT2D eigenvalue weighted by molar-refractivity contribution is -0.126. The maximum absolute atomic E-state index is 12.4. The van der Waals surface area contributed by atoms with E-state index in [4.69, 9.17) is 0 Å². The van der Waals surface area contributed by atoms with Gasteiger partial charge in [0.05, 0.1) is 5.92 Å². The van der Waals surface area contributed by atoms with Crippen molar-refractivity contribution >= 4 is 17.5 Å². The number of amides is 2. The molecule has 1 N–H and O–H groups in total. The van der Waals surface area contributed by atoms with Gasteiger partial charge in [0.25, 0.3) is 0 Å². The third-order valence-electron chi connectivity index (χ3n) is 4.56. The molecule has 1 aliphatic heterocycles. The van der Waals surface area contributed by atoms with E-state index in [9.17, 15) is 9.59 Å². The minimum atomic E-state index is -0.311. The Morgan fingerprint density at radius 1 is 1.28 bits per heavy atom. The average molecular weight is 337 g/mol. The lowest BCUT2D eigenvalue weighted by Crippen LogP contribution is -2.32. The Labute approximate surface area is 148 Å². The molecule has 1 unspecified atom stereocenters. The van der Waals surface area contributed by atoms with E-state index in [0.717, 1.165) is 11.3 Å². The minimum absolute atomic E-state index is 0.00109. The second kappa shape index (κ2) is 7.47. The Morgan fingerprint density at radius 2 is 2.04 bits per heavy atom. The number of pyridine rings is 1. The molecule has 5 heteroatoms. The van der Waals surface area contributed by atoms with Crippen LogP contribution in [0, 0.1) is 5.92 Å². The van der Waals surface area contributed by atoms with Gasteiger partial charge in [0.15, 0.2) is 0 Å². The molecule has 130 valence electrons. The van der Waals surface area contributed by atoms with Gasteiger partial charge in [-0.1, -0.05) is 32.0 Å². The lowest BCUT2D eigenvalue weighted by atomic mass is 10.0. The van der Waals surface area contributed by atoms with Crippen LogP contribution in [0.4, 0.5) is 5.69 Å². The van der Waals surface area contributed by atoms with Crippen LogP contribution in [0.3, 0.4) is 0 Å². The molecule has 0 saturated carbocycles. The summed E-state index contributed by atoms with van der Waals surface area (Å²) in [5, 5.41) is 2.90. The number of benzene rings is 1. The number of hydrogen-bond acceptors (Lipinski definition) is 3. The molecule has 0 radical (unpaired) electrons. The normalized spacial score (nSPS) is 17.2. The maximum atomic E-state index is 12.4. The molecule has 1 aromatic carbocycles. The third-order valence-corrected chi connectivity index (χ3v) is 4.56. The predicted molar refractivity (Wildman–Crippen MR) is 97.1 cm³/mol. The van der Waals surface area contributed by atoms with Crippen LogP contribution in [0.25, 0.3) is 0 Å². The summed E-state index contributed by atoms with van der Waals surface area (Å²) in [4.78, 5) is 30.4. The number of nitrogens with one attached hydrogen (secondary N) is 1. The van der Waals surface area contributed by atoms with Crippen LogP contribution in [-0.2, 0) is 16.1 Å². The summed E-state index contributed by atoms with van der Waals surface area (Å²) in [5.74, 6) is 0.0561. The molecule has 0 bridgehead atoms. The first kappa shape index (κ1) is 17.1. The van der Waals surface area contributed by atoms with E-state index in [1.807, 2.05) is 36.4 Å². The van der Waals surface area contributed by atoms with E-state index in [-0.39, 0.29) is 24.2 Å². The number of anilines is 1. The zero-order valence-electron chi connectivity index (χ0n) is 14.6. The Morgan fingerprint density at radius 3 is 2.68 bits per heavy atom. The molecule has 2 heterocycles. The molecule has 2 aromatic rings. The molecule has 1 fully saturated rings. The van der Waals surface area contributed by atoms with E-state index < -0.39 is 0 Å². The van der Waals surface area contributed by atoms with Crippen LogP contribution < -0.4 is 10.2 Å². The zero-order chi connectivity index (χ0) is 17.8. The topological polar surface area (TPSA) is 62.3 Å². The molecule has 1 aromatic heterocycles. The summed E-state index contributed by atoms with van der Waals surface area (Å²) >= 11 is 0. The Bertz CT molecular complexity index is 741. The highest BCUT2D eigenvalue weighted by Gasteiger charge is 2.34. The fourth-order valence-electron chi connectivity index (χ4n) is 3.01. The fraction of sp³-hybridized carbons (Fsp3) is 0.350. The van der Waals surface area contributed by atoms with E-state index in [1.165, 1.54) is 5.56 Å². The third kappa shape index (κ3) is 4.05. The lowest BCUT2D eigenvalue weighted by Gasteiger charge is -2.17. The highest BCUT2D eigenvalue weighted by Crippen LogP contribution is 2.27. The number of nitrogens with zero attached hydrogens (tertiary/aromatic N) is 2. The summed E-state index contributed by atoms with van der Waals surface area (Å²) in [6.07, 6.45) is 3.68. The van der Waals surface area contributed by atoms with Crippen molar-refractivity contribution in [3.05, 3.63) is 59.9 Å². The zero-order valence-corrected chi connectivity index (χ0v) is 14.6. The smallest absolute Gasteiger partial charge is 0.227 e. The molecule has 1 atom stereocenters. The Balaban J connectivity index is 1.60. The molecular formula is C20H23N3O2. The summed E-state index contributed by atoms with van der Waals surface area (Å²) in [6.45, 7) is 5.14. The molecule has 5 nitrogen and oxygen atoms in total. The van der Waals surface area contributed by atoms with Gasteiger partial charge in [0, 0.05) is 37.6 Å². The Hall–Kier alpha value is -2.69. The number of carbonyl (C=O) groups excluding carboxylic acids is 2. The molecule has 0 spiro atoms. The van der Waals surface area contributed by atoms with Crippen LogP contribution in [0.2, 0.25) is 0 Å². The SMILES string of the molecule is CC(C)c1ccc(N2CC(C(=O)NCc3cccnc3)CC2=O)cc1. The van der Waals surface area contributed by atoms with E-state index >= 15 is 0 Å². The van der Waals surface area contributed by atoms with E-state index in [2.05, 4.69) is 24.1 Å². The number of rotatable bonds is 5. The molecule has 0 aliphatic carbocycles. The second-order valence-electron chi connectivity index (χ2n) is 6.73. The highest BCUT2D eigenvalue weighted by molar-refractivity contribution is 6.00. The van der Waals surface area contributed by atoms with Crippen molar-refractivity contribution in [3.8, 4) is 0 Å². The van der Waals surface area contributed by atoms with Crippen molar-refractivity contribution in [2.24, 2.45) is 5.92 Å². The number of hydrogen-bond donors (Lipinski definition) is 1. The van der Waals surface area contributed by atoms with Gasteiger partial charge >= 0.3 is 0 Å². The fourth-order valence-corrected chi connectivity index (χ4v) is 3.01. The molecule has 2 amide bonds. The summed E-state index contributed by atoms with van der Waals surface area (Å²) < 4.78 is 0. The monoisotopic (exact) mass is 337 g/mol. The largest absolute Gasteiger partial charge is 0.352 e. The van der Waals surface area contributed by atoms with Crippen LogP contribution in [0.15, 0.2) is 48.8 Å². The molecular weight excluding hydrogens is 314 g/mol. The van der Waals surface area contributed by atoms with Gasteiger partial charge < -0.3 is 10.2 Å². The van der Waals surface area contributed by atoms with E-state index in [1.54, 1.807) is 17.3 Å². The molecule has 1 saturated heterocycles. The van der Waals surface area contributed by atoms with Crippen molar-refractivity contribution in [1.82, 2.24) is 10.3 Å². The van der Waals surface area contributed by atoms with Crippen molar-refractivity contribution in [2.75, 3.05) is 11.4 Å². The van der Waals surface area contributed by atoms with Crippen molar-refractivity contribution in [2.45, 2.75) is 32.7 Å². The number of aromatic nitrogens is 1. The van der Waals surface area contributed by atoms with Gasteiger partial charge in [-0.25, -0.2) is 0 Å². The summed E-state index contributed by atoms with van der Waals surface area (Å²) in [5.41, 5.74) is 3.04. The van der Waals surface area contributed by atoms with Crippen LogP contribution in [0.1, 0.15) is 37.3 Å². The first-order valence-corrected chi connectivity index (χ1v) is 8.61. The first-order valence-electron chi connectivity index (χ1n) is 8.61. The van der Waals surface area contributed by atoms with Gasteiger partial charge in [-0.15, -0.1) is 0 Å². The second-order valence-corrected chi connectivity index (χ2v) is 6.73. The maximum Gasteiger partial charge on any atom is 0.227 e. The average Bonchev–Trinajstić information content (AvgIpc) is 3.02. The number of carbonyl (C=O) groups is 2. The van der Waals surface area contributed by atoms with Gasteiger partial charge in [-0.05, 0) is 35.2 Å². The van der Waals surface area contributed by atoms with Crippen molar-refractivity contribution < 1.29 is 9.59 Å². The van der Waals surface area contributed by atoms with Crippen LogP contribution >= 0.6 is 0 Å². The quantitative estimate of drug-likeness (QED) is 0.912. The summed E-state index contributed by atoms with van der Waals surface area (Å²) in [6, 6.07) is 11.8. The first-order chi connectivity index (χ1) is 12.0. The summed E-state index contributed by atoms with van der Waals surface area (Å²) in [7, 11) is 0. The minimum Gasteiger partial charge on any atom is -0.352 e. The van der Waals surface area contributed by atoms with Crippen molar-refractivity contribution in [1.29, 1.82) is 0 Å². The van der Waals surface area contributed by atoms with Crippen LogP contribution in [-0.4, -0.2) is 23.3 Å². The molecule has 3 rings (SSSR count). The van der Waals surface area contributed by atoms with Gasteiger partial charge in [0.2, 0.25) is 11.8 Å². The van der Waals surface area contributed by atoms with E-state index in [0.29, 0.717) is 19.0 Å².